The first kappa shape index (κ1) is 22.4. The van der Waals surface area contributed by atoms with Crippen LogP contribution in [0.25, 0.3) is 0 Å². The molecule has 3 heterocycles. The Hall–Kier alpha value is -2.36. The summed E-state index contributed by atoms with van der Waals surface area (Å²) in [6.45, 7) is 1.81. The number of amides is 2. The molecule has 176 valence electrons. The molecule has 3 atom stereocenters. The van der Waals surface area contributed by atoms with Crippen molar-refractivity contribution in [2.24, 2.45) is 11.8 Å². The maximum absolute atomic E-state index is 13.1. The number of nitrogens with zero attached hydrogens (tertiary/aromatic N) is 2. The summed E-state index contributed by atoms with van der Waals surface area (Å²) in [4.78, 5) is 29.5. The minimum atomic E-state index is -0.220. The van der Waals surface area contributed by atoms with Gasteiger partial charge in [0.25, 0.3) is 0 Å². The zero-order valence-corrected chi connectivity index (χ0v) is 19.2. The molecule has 0 bridgehead atoms. The van der Waals surface area contributed by atoms with Gasteiger partial charge in [-0.25, -0.2) is 0 Å². The van der Waals surface area contributed by atoms with E-state index in [-0.39, 0.29) is 48.9 Å². The topological polar surface area (TPSA) is 70.1 Å². The van der Waals surface area contributed by atoms with Gasteiger partial charge in [-0.3, -0.25) is 9.59 Å². The highest BCUT2D eigenvalue weighted by Gasteiger charge is 2.54. The van der Waals surface area contributed by atoms with Gasteiger partial charge in [-0.15, -0.1) is 0 Å². The Morgan fingerprint density at radius 1 is 1.06 bits per heavy atom. The van der Waals surface area contributed by atoms with Crippen molar-refractivity contribution in [1.82, 2.24) is 9.80 Å². The lowest BCUT2D eigenvalue weighted by molar-refractivity contribution is -0.169. The molecule has 0 aromatic heterocycles. The van der Waals surface area contributed by atoms with Crippen molar-refractivity contribution < 1.29 is 19.4 Å². The fraction of sp³-hybridized carbons (Fsp3) is 0.630. The molecule has 4 aliphatic rings. The van der Waals surface area contributed by atoms with Gasteiger partial charge in [0.15, 0.2) is 0 Å². The highest BCUT2D eigenvalue weighted by atomic mass is 16.5. The van der Waals surface area contributed by atoms with Crippen molar-refractivity contribution in [2.75, 3.05) is 32.9 Å². The van der Waals surface area contributed by atoms with Crippen molar-refractivity contribution in [2.45, 2.75) is 62.9 Å². The van der Waals surface area contributed by atoms with Crippen LogP contribution in [-0.2, 0) is 14.3 Å². The zero-order valence-electron chi connectivity index (χ0n) is 19.2. The maximum Gasteiger partial charge on any atom is 0.242 e. The van der Waals surface area contributed by atoms with Gasteiger partial charge in [-0.1, -0.05) is 43.2 Å². The Labute approximate surface area is 196 Å². The monoisotopic (exact) mass is 450 g/mol. The largest absolute Gasteiger partial charge is 0.394 e. The maximum atomic E-state index is 13.1. The fourth-order valence-electron chi connectivity index (χ4n) is 6.09. The summed E-state index contributed by atoms with van der Waals surface area (Å²) in [5.41, 5.74) is 2.11. The predicted molar refractivity (Wildman–Crippen MR) is 124 cm³/mol. The van der Waals surface area contributed by atoms with E-state index in [0.717, 1.165) is 24.0 Å². The first-order valence-corrected chi connectivity index (χ1v) is 12.6. The number of benzene rings is 1. The van der Waals surface area contributed by atoms with Gasteiger partial charge in [0, 0.05) is 43.1 Å². The lowest BCUT2D eigenvalue weighted by Crippen LogP contribution is -2.73. The summed E-state index contributed by atoms with van der Waals surface area (Å²) >= 11 is 0. The van der Waals surface area contributed by atoms with Crippen molar-refractivity contribution >= 4 is 11.8 Å². The van der Waals surface area contributed by atoms with E-state index in [0.29, 0.717) is 25.7 Å². The molecule has 0 unspecified atom stereocenters. The number of hydrogen-bond acceptors (Lipinski definition) is 4. The van der Waals surface area contributed by atoms with Crippen molar-refractivity contribution in [3.05, 3.63) is 35.4 Å². The van der Waals surface area contributed by atoms with Crippen LogP contribution in [0.15, 0.2) is 24.3 Å². The number of aliphatic hydroxyl groups is 1. The van der Waals surface area contributed by atoms with Crippen LogP contribution in [0.3, 0.4) is 0 Å². The van der Waals surface area contributed by atoms with Gasteiger partial charge in [0.1, 0.15) is 0 Å². The first-order chi connectivity index (χ1) is 16.2. The van der Waals surface area contributed by atoms with E-state index in [1.54, 1.807) is 9.80 Å². The van der Waals surface area contributed by atoms with E-state index >= 15 is 0 Å². The molecule has 0 radical (unpaired) electrons. The zero-order chi connectivity index (χ0) is 22.8. The summed E-state index contributed by atoms with van der Waals surface area (Å²) in [5, 5.41) is 10.0. The molecule has 33 heavy (non-hydrogen) atoms. The second kappa shape index (κ2) is 9.87. The third-order valence-corrected chi connectivity index (χ3v) is 7.96. The Kier molecular flexibility index (Phi) is 6.71. The van der Waals surface area contributed by atoms with E-state index < -0.39 is 0 Å². The minimum Gasteiger partial charge on any atom is -0.394 e. The molecule has 3 aliphatic heterocycles. The normalized spacial score (nSPS) is 28.5. The van der Waals surface area contributed by atoms with E-state index in [9.17, 15) is 14.7 Å². The molecule has 1 saturated carbocycles. The summed E-state index contributed by atoms with van der Waals surface area (Å²) < 4.78 is 5.39. The van der Waals surface area contributed by atoms with E-state index in [1.807, 2.05) is 0 Å². The number of piperazine rings is 1. The van der Waals surface area contributed by atoms with Gasteiger partial charge in [-0.2, -0.15) is 0 Å². The molecule has 1 aromatic carbocycles. The molecule has 6 heteroatoms. The Morgan fingerprint density at radius 3 is 2.48 bits per heavy atom. The second-order valence-corrected chi connectivity index (χ2v) is 9.98. The van der Waals surface area contributed by atoms with Crippen molar-refractivity contribution in [3.8, 4) is 11.8 Å². The number of hydrogen-bond donors (Lipinski definition) is 1. The fourth-order valence-corrected chi connectivity index (χ4v) is 6.09. The highest BCUT2D eigenvalue weighted by molar-refractivity contribution is 5.88. The van der Waals surface area contributed by atoms with Gasteiger partial charge in [0.05, 0.1) is 25.2 Å². The molecule has 6 nitrogen and oxygen atoms in total. The average Bonchev–Trinajstić information content (AvgIpc) is 2.85. The van der Waals surface area contributed by atoms with Crippen LogP contribution < -0.4 is 0 Å². The van der Waals surface area contributed by atoms with Crippen LogP contribution in [0.5, 0.6) is 0 Å². The number of aliphatic hydroxyl groups excluding tert-OH is 1. The van der Waals surface area contributed by atoms with Crippen molar-refractivity contribution in [1.29, 1.82) is 0 Å². The predicted octanol–water partition coefficient (Wildman–Crippen LogP) is 2.54. The van der Waals surface area contributed by atoms with Gasteiger partial charge < -0.3 is 19.6 Å². The summed E-state index contributed by atoms with van der Waals surface area (Å²) in [7, 11) is 0. The number of fused-ring (bicyclic) bond motifs is 1. The summed E-state index contributed by atoms with van der Waals surface area (Å²) in [6, 6.07) is 7.97. The van der Waals surface area contributed by atoms with E-state index in [2.05, 4.69) is 36.1 Å². The van der Waals surface area contributed by atoms with Crippen LogP contribution in [0, 0.1) is 23.7 Å². The van der Waals surface area contributed by atoms with Gasteiger partial charge in [0.2, 0.25) is 11.8 Å². The van der Waals surface area contributed by atoms with Crippen LogP contribution >= 0.6 is 0 Å². The molecular formula is C27H34N2O4. The van der Waals surface area contributed by atoms with E-state index in [1.165, 1.54) is 32.1 Å². The minimum absolute atomic E-state index is 0.0320. The smallest absolute Gasteiger partial charge is 0.242 e. The van der Waals surface area contributed by atoms with Crippen molar-refractivity contribution in [3.63, 3.8) is 0 Å². The average molecular weight is 451 g/mol. The molecule has 0 spiro atoms. The third kappa shape index (κ3) is 4.54. The van der Waals surface area contributed by atoms with Crippen LogP contribution in [0.2, 0.25) is 0 Å². The highest BCUT2D eigenvalue weighted by Crippen LogP contribution is 2.43. The molecule has 3 saturated heterocycles. The molecule has 5 rings (SSSR count). The SMILES string of the molecule is O=C(C1CCOCC1)N1CC(=O)N2[C@H](C1)[C@H](c1ccc(C#CC3CCCCC3)cc1)[C@@H]2CO. The lowest BCUT2D eigenvalue weighted by Gasteiger charge is -2.59. The molecule has 4 fully saturated rings. The Balaban J connectivity index is 1.29. The third-order valence-electron chi connectivity index (χ3n) is 7.96. The van der Waals surface area contributed by atoms with Gasteiger partial charge in [-0.05, 0) is 43.4 Å². The molecular weight excluding hydrogens is 416 g/mol. The molecule has 2 amide bonds. The number of ether oxygens (including phenoxy) is 1. The Morgan fingerprint density at radius 2 is 1.79 bits per heavy atom. The van der Waals surface area contributed by atoms with Crippen LogP contribution in [0.4, 0.5) is 0 Å². The number of rotatable bonds is 3. The van der Waals surface area contributed by atoms with Crippen LogP contribution in [-0.4, -0.2) is 71.7 Å². The summed E-state index contributed by atoms with van der Waals surface area (Å²) in [5.74, 6) is 7.29. The molecule has 1 N–H and O–H groups in total. The number of carbonyl (C=O) groups excluding carboxylic acids is 2. The van der Waals surface area contributed by atoms with E-state index in [4.69, 9.17) is 4.74 Å². The molecule has 1 aliphatic carbocycles. The number of carbonyl (C=O) groups is 2. The van der Waals surface area contributed by atoms with Gasteiger partial charge >= 0.3 is 0 Å². The first-order valence-electron chi connectivity index (χ1n) is 12.6. The molecule has 1 aromatic rings. The summed E-state index contributed by atoms with van der Waals surface area (Å²) in [6.07, 6.45) is 7.77. The standard InChI is InChI=1S/C27H34N2O4/c30-18-24-26(21-10-8-20(9-11-21)7-6-19-4-2-1-3-5-19)23-16-28(17-25(31)29(23)24)27(32)22-12-14-33-15-13-22/h8-11,19,22-24,26,30H,1-5,12-18H2/t23-,24+,26+/m1/s1. The van der Waals surface area contributed by atoms with Crippen LogP contribution in [0.1, 0.15) is 62.0 Å². The Bertz CT molecular complexity index is 922. The lowest BCUT2D eigenvalue weighted by atomic mass is 9.73. The quantitative estimate of drug-likeness (QED) is 0.719. The second-order valence-electron chi connectivity index (χ2n) is 9.98.